The number of phenolic OH excluding ortho intramolecular Hbond substituents is 1. The Bertz CT molecular complexity index is 1450. The highest BCUT2D eigenvalue weighted by molar-refractivity contribution is 5.76. The van der Waals surface area contributed by atoms with E-state index in [1.807, 2.05) is 0 Å². The molecule has 1 heterocycles. The lowest BCUT2D eigenvalue weighted by Crippen LogP contribution is -2.31. The maximum Gasteiger partial charge on any atom is 0.416 e. The number of nitrogens with zero attached hydrogens (tertiary/aromatic N) is 1. The van der Waals surface area contributed by atoms with Crippen LogP contribution in [0.15, 0.2) is 48.5 Å². The van der Waals surface area contributed by atoms with Crippen molar-refractivity contribution >= 4 is 6.09 Å². The first-order chi connectivity index (χ1) is 18.5. The van der Waals surface area contributed by atoms with Gasteiger partial charge in [-0.1, -0.05) is 31.5 Å². The largest absolute Gasteiger partial charge is 0.507 e. The SMILES string of the molecule is Cc1cc([C@H]2OC(=O)N(Cc3cc(C(F)(F)F)ccc3-c3cc(C(C)C)c(F)cc3O)[C@H]2C)cc(C(F)(F)F)c1. The molecule has 0 aromatic heterocycles. The zero-order valence-electron chi connectivity index (χ0n) is 21.9. The number of benzene rings is 3. The van der Waals surface area contributed by atoms with Crippen molar-refractivity contribution in [3.05, 3.63) is 87.7 Å². The Labute approximate surface area is 226 Å². The third kappa shape index (κ3) is 5.73. The number of amides is 1. The molecule has 1 N–H and O–H groups in total. The van der Waals surface area contributed by atoms with E-state index >= 15 is 0 Å². The van der Waals surface area contributed by atoms with Gasteiger partial charge in [-0.2, -0.15) is 26.3 Å². The number of alkyl halides is 6. The van der Waals surface area contributed by atoms with Crippen molar-refractivity contribution in [2.24, 2.45) is 0 Å². The minimum absolute atomic E-state index is 0.0175. The second-order valence-electron chi connectivity index (χ2n) is 10.2. The predicted octanol–water partition coefficient (Wildman–Crippen LogP) is 8.75. The van der Waals surface area contributed by atoms with Gasteiger partial charge in [0.2, 0.25) is 0 Å². The standard InChI is InChI=1S/C29H26F7NO3/c1-14(2)22-11-23(25(38)12-24(22)30)21-6-5-19(28(31,32)33)10-18(21)13-37-16(4)26(40-27(37)39)17-7-15(3)8-20(9-17)29(34,35)36/h5-12,14,16,26,38H,13H2,1-4H3/t16-,26-/m0/s1. The number of carbonyl (C=O) groups excluding carboxylic acids is 1. The third-order valence-electron chi connectivity index (χ3n) is 6.95. The van der Waals surface area contributed by atoms with Crippen LogP contribution in [-0.4, -0.2) is 22.1 Å². The molecule has 1 fully saturated rings. The van der Waals surface area contributed by atoms with Crippen molar-refractivity contribution in [2.45, 2.75) is 64.7 Å². The Morgan fingerprint density at radius 1 is 0.925 bits per heavy atom. The van der Waals surface area contributed by atoms with Crippen molar-refractivity contribution in [3.63, 3.8) is 0 Å². The molecule has 0 aliphatic carbocycles. The van der Waals surface area contributed by atoms with E-state index < -0.39 is 59.8 Å². The topological polar surface area (TPSA) is 49.8 Å². The summed E-state index contributed by atoms with van der Waals surface area (Å²) in [6, 6.07) is 7.44. The summed E-state index contributed by atoms with van der Waals surface area (Å²) < 4.78 is 101. The van der Waals surface area contributed by atoms with Crippen LogP contribution < -0.4 is 0 Å². The van der Waals surface area contributed by atoms with E-state index in [4.69, 9.17) is 4.74 Å². The average molecular weight is 570 g/mol. The highest BCUT2D eigenvalue weighted by Crippen LogP contribution is 2.42. The van der Waals surface area contributed by atoms with Crippen LogP contribution in [-0.2, 0) is 23.6 Å². The summed E-state index contributed by atoms with van der Waals surface area (Å²) >= 11 is 0. The average Bonchev–Trinajstić information content (AvgIpc) is 3.11. The third-order valence-corrected chi connectivity index (χ3v) is 6.95. The number of halogens is 7. The van der Waals surface area contributed by atoms with Crippen molar-refractivity contribution < 1.29 is 45.4 Å². The van der Waals surface area contributed by atoms with Crippen LogP contribution in [0.1, 0.15) is 66.2 Å². The van der Waals surface area contributed by atoms with Crippen molar-refractivity contribution in [2.75, 3.05) is 0 Å². The predicted molar refractivity (Wildman–Crippen MR) is 133 cm³/mol. The maximum atomic E-state index is 14.4. The number of aryl methyl sites for hydroxylation is 1. The summed E-state index contributed by atoms with van der Waals surface area (Å²) in [5, 5.41) is 10.5. The zero-order chi connectivity index (χ0) is 29.7. The number of hydrogen-bond acceptors (Lipinski definition) is 3. The summed E-state index contributed by atoms with van der Waals surface area (Å²) in [6.45, 7) is 5.99. The Hall–Kier alpha value is -3.76. The van der Waals surface area contributed by atoms with Crippen molar-refractivity contribution in [1.29, 1.82) is 0 Å². The van der Waals surface area contributed by atoms with E-state index in [-0.39, 0.29) is 33.7 Å². The number of hydrogen-bond donors (Lipinski definition) is 1. The van der Waals surface area contributed by atoms with E-state index in [9.17, 15) is 40.6 Å². The number of carbonyl (C=O) groups is 1. The van der Waals surface area contributed by atoms with Gasteiger partial charge in [-0.05, 0) is 72.4 Å². The van der Waals surface area contributed by atoms with Gasteiger partial charge in [0.1, 0.15) is 17.7 Å². The molecule has 0 saturated carbocycles. The number of aromatic hydroxyl groups is 1. The molecule has 1 aliphatic heterocycles. The molecule has 0 bridgehead atoms. The number of ether oxygens (including phenoxy) is 1. The van der Waals surface area contributed by atoms with Gasteiger partial charge in [-0.15, -0.1) is 0 Å². The summed E-state index contributed by atoms with van der Waals surface area (Å²) in [7, 11) is 0. The minimum Gasteiger partial charge on any atom is -0.507 e. The smallest absolute Gasteiger partial charge is 0.416 e. The van der Waals surface area contributed by atoms with E-state index in [1.165, 1.54) is 26.0 Å². The lowest BCUT2D eigenvalue weighted by Gasteiger charge is -2.24. The second-order valence-corrected chi connectivity index (χ2v) is 10.2. The van der Waals surface area contributed by atoms with Crippen LogP contribution in [0.3, 0.4) is 0 Å². The number of phenols is 1. The van der Waals surface area contributed by atoms with Gasteiger partial charge in [0.05, 0.1) is 23.7 Å². The molecular weight excluding hydrogens is 543 g/mol. The van der Waals surface area contributed by atoms with Gasteiger partial charge in [0.15, 0.2) is 0 Å². The Kier molecular flexibility index (Phi) is 7.55. The Balaban J connectivity index is 1.77. The molecule has 1 saturated heterocycles. The summed E-state index contributed by atoms with van der Waals surface area (Å²) in [6.07, 6.45) is -11.4. The Morgan fingerprint density at radius 3 is 2.17 bits per heavy atom. The zero-order valence-corrected chi connectivity index (χ0v) is 21.9. The Morgan fingerprint density at radius 2 is 1.57 bits per heavy atom. The first-order valence-corrected chi connectivity index (χ1v) is 12.4. The summed E-state index contributed by atoms with van der Waals surface area (Å²) in [5.74, 6) is -1.49. The van der Waals surface area contributed by atoms with Crippen LogP contribution in [0.25, 0.3) is 11.1 Å². The molecule has 214 valence electrons. The molecule has 0 radical (unpaired) electrons. The molecule has 3 aromatic carbocycles. The number of rotatable bonds is 5. The fourth-order valence-corrected chi connectivity index (χ4v) is 4.89. The molecule has 0 spiro atoms. The quantitative estimate of drug-likeness (QED) is 0.313. The van der Waals surface area contributed by atoms with Crippen LogP contribution in [0.5, 0.6) is 5.75 Å². The highest BCUT2D eigenvalue weighted by Gasteiger charge is 2.42. The molecule has 4 nitrogen and oxygen atoms in total. The van der Waals surface area contributed by atoms with Crippen molar-refractivity contribution in [1.82, 2.24) is 4.90 Å². The van der Waals surface area contributed by atoms with Gasteiger partial charge < -0.3 is 9.84 Å². The molecule has 1 aliphatic rings. The molecule has 40 heavy (non-hydrogen) atoms. The van der Waals surface area contributed by atoms with Gasteiger partial charge >= 0.3 is 18.4 Å². The molecule has 4 rings (SSSR count). The molecule has 11 heteroatoms. The van der Waals surface area contributed by atoms with Gasteiger partial charge in [0.25, 0.3) is 0 Å². The van der Waals surface area contributed by atoms with Crippen molar-refractivity contribution in [3.8, 4) is 16.9 Å². The van der Waals surface area contributed by atoms with E-state index in [0.717, 1.165) is 41.3 Å². The first-order valence-electron chi connectivity index (χ1n) is 12.4. The minimum atomic E-state index is -4.73. The fourth-order valence-electron chi connectivity index (χ4n) is 4.89. The molecule has 0 unspecified atom stereocenters. The second kappa shape index (κ2) is 10.3. The van der Waals surface area contributed by atoms with Crippen LogP contribution in [0, 0.1) is 12.7 Å². The lowest BCUT2D eigenvalue weighted by atomic mass is 9.92. The first kappa shape index (κ1) is 29.2. The van der Waals surface area contributed by atoms with Gasteiger partial charge in [-0.25, -0.2) is 9.18 Å². The summed E-state index contributed by atoms with van der Waals surface area (Å²) in [4.78, 5) is 14.0. The van der Waals surface area contributed by atoms with Crippen LogP contribution in [0.4, 0.5) is 35.5 Å². The summed E-state index contributed by atoms with van der Waals surface area (Å²) in [5.41, 5.74) is -1.13. The highest BCUT2D eigenvalue weighted by atomic mass is 19.4. The maximum absolute atomic E-state index is 14.4. The molecule has 1 amide bonds. The number of cyclic esters (lactones) is 1. The normalized spacial score (nSPS) is 18.0. The van der Waals surface area contributed by atoms with E-state index in [2.05, 4.69) is 0 Å². The van der Waals surface area contributed by atoms with Gasteiger partial charge in [0, 0.05) is 11.6 Å². The van der Waals surface area contributed by atoms with Crippen LogP contribution >= 0.6 is 0 Å². The monoisotopic (exact) mass is 569 g/mol. The fraction of sp³-hybridized carbons (Fsp3) is 0.345. The van der Waals surface area contributed by atoms with Crippen LogP contribution in [0.2, 0.25) is 0 Å². The molecule has 3 aromatic rings. The molecule has 2 atom stereocenters. The van der Waals surface area contributed by atoms with E-state index in [0.29, 0.717) is 5.56 Å². The van der Waals surface area contributed by atoms with E-state index in [1.54, 1.807) is 13.8 Å². The van der Waals surface area contributed by atoms with Gasteiger partial charge in [-0.3, -0.25) is 4.90 Å². The molecular formula is C29H26F7NO3. The lowest BCUT2D eigenvalue weighted by molar-refractivity contribution is -0.138.